The molecule has 2 rings (SSSR count). The highest BCUT2D eigenvalue weighted by atomic mass is 16.7. The molecule has 5 nitrogen and oxygen atoms in total. The lowest BCUT2D eigenvalue weighted by atomic mass is 10.3. The van der Waals surface area contributed by atoms with Crippen LogP contribution in [-0.2, 0) is 14.4 Å². The van der Waals surface area contributed by atoms with Crippen LogP contribution in [0, 0.1) is 0 Å². The summed E-state index contributed by atoms with van der Waals surface area (Å²) in [6.07, 6.45) is 3.44. The van der Waals surface area contributed by atoms with Gasteiger partial charge in [-0.25, -0.2) is 5.06 Å². The topological polar surface area (TPSA) is 49.9 Å². The van der Waals surface area contributed by atoms with Gasteiger partial charge in [0.2, 0.25) is 5.91 Å². The Morgan fingerprint density at radius 2 is 2.13 bits per heavy atom. The summed E-state index contributed by atoms with van der Waals surface area (Å²) in [5, 5.41) is 1.40. The normalized spacial score (nSPS) is 22.3. The summed E-state index contributed by atoms with van der Waals surface area (Å²) in [6.45, 7) is 2.15. The molecule has 0 radical (unpaired) electrons. The van der Waals surface area contributed by atoms with E-state index in [1.165, 1.54) is 5.06 Å². The monoisotopic (exact) mass is 212 g/mol. The van der Waals surface area contributed by atoms with Crippen molar-refractivity contribution in [2.45, 2.75) is 25.7 Å². The van der Waals surface area contributed by atoms with Gasteiger partial charge in [0.05, 0.1) is 6.61 Å². The van der Waals surface area contributed by atoms with Gasteiger partial charge >= 0.3 is 0 Å². The lowest BCUT2D eigenvalue weighted by Crippen LogP contribution is -2.43. The summed E-state index contributed by atoms with van der Waals surface area (Å²) in [5.41, 5.74) is 0. The number of amides is 2. The van der Waals surface area contributed by atoms with Crippen LogP contribution in [0.1, 0.15) is 25.7 Å². The summed E-state index contributed by atoms with van der Waals surface area (Å²) in [6, 6.07) is 0. The summed E-state index contributed by atoms with van der Waals surface area (Å²) >= 11 is 0. The minimum atomic E-state index is -0.0926. The fraction of sp³-hybridized carbons (Fsp3) is 0.800. The molecule has 2 fully saturated rings. The van der Waals surface area contributed by atoms with E-state index >= 15 is 0 Å². The van der Waals surface area contributed by atoms with E-state index in [4.69, 9.17) is 4.84 Å². The third kappa shape index (κ3) is 2.47. The molecular weight excluding hydrogens is 196 g/mol. The number of hydroxylamine groups is 2. The second kappa shape index (κ2) is 4.61. The Bertz CT molecular complexity index is 261. The second-order valence-electron chi connectivity index (χ2n) is 3.96. The van der Waals surface area contributed by atoms with E-state index < -0.39 is 0 Å². The maximum atomic E-state index is 11.7. The van der Waals surface area contributed by atoms with Crippen molar-refractivity contribution < 1.29 is 14.4 Å². The third-order valence-electron chi connectivity index (χ3n) is 2.78. The van der Waals surface area contributed by atoms with Crippen molar-refractivity contribution in [3.63, 3.8) is 0 Å². The quantitative estimate of drug-likeness (QED) is 0.655. The Hall–Kier alpha value is -1.10. The average Bonchev–Trinajstić information content (AvgIpc) is 2.66. The largest absolute Gasteiger partial charge is 0.333 e. The summed E-state index contributed by atoms with van der Waals surface area (Å²) in [7, 11) is 0. The molecule has 5 heteroatoms. The maximum Gasteiger partial charge on any atom is 0.265 e. The predicted molar refractivity (Wildman–Crippen MR) is 52.7 cm³/mol. The van der Waals surface area contributed by atoms with Crippen molar-refractivity contribution in [1.29, 1.82) is 0 Å². The van der Waals surface area contributed by atoms with E-state index in [9.17, 15) is 9.59 Å². The lowest BCUT2D eigenvalue weighted by molar-refractivity contribution is -0.198. The van der Waals surface area contributed by atoms with E-state index in [1.54, 1.807) is 4.90 Å². The molecule has 0 N–H and O–H groups in total. The zero-order valence-corrected chi connectivity index (χ0v) is 8.78. The fourth-order valence-corrected chi connectivity index (χ4v) is 1.91. The van der Waals surface area contributed by atoms with Gasteiger partial charge in [0.1, 0.15) is 6.54 Å². The van der Waals surface area contributed by atoms with Crippen LogP contribution in [0.4, 0.5) is 0 Å². The summed E-state index contributed by atoms with van der Waals surface area (Å²) in [5.74, 6) is -0.00897. The molecule has 2 amide bonds. The molecule has 0 aliphatic carbocycles. The Kier molecular flexibility index (Phi) is 3.20. The van der Waals surface area contributed by atoms with Gasteiger partial charge in [-0.15, -0.1) is 0 Å². The second-order valence-corrected chi connectivity index (χ2v) is 3.96. The van der Waals surface area contributed by atoms with E-state index in [1.807, 2.05) is 0 Å². The van der Waals surface area contributed by atoms with Crippen molar-refractivity contribution in [3.8, 4) is 0 Å². The van der Waals surface area contributed by atoms with Crippen LogP contribution in [-0.4, -0.2) is 48.0 Å². The minimum absolute atomic E-state index is 0.0837. The van der Waals surface area contributed by atoms with Crippen LogP contribution in [0.3, 0.4) is 0 Å². The molecular formula is C10H16N2O3. The van der Waals surface area contributed by atoms with Gasteiger partial charge < -0.3 is 4.90 Å². The first-order valence-electron chi connectivity index (χ1n) is 5.48. The smallest absolute Gasteiger partial charge is 0.265 e. The van der Waals surface area contributed by atoms with Gasteiger partial charge in [0.25, 0.3) is 5.91 Å². The molecule has 84 valence electrons. The molecule has 15 heavy (non-hydrogen) atoms. The van der Waals surface area contributed by atoms with Gasteiger partial charge in [-0.2, -0.15) is 0 Å². The molecule has 0 spiro atoms. The van der Waals surface area contributed by atoms with E-state index in [2.05, 4.69) is 0 Å². The number of likely N-dealkylation sites (tertiary alicyclic amines) is 1. The molecule has 0 atom stereocenters. The van der Waals surface area contributed by atoms with Crippen LogP contribution in [0.15, 0.2) is 0 Å². The van der Waals surface area contributed by atoms with E-state index in [-0.39, 0.29) is 18.4 Å². The number of hydrogen-bond acceptors (Lipinski definition) is 3. The van der Waals surface area contributed by atoms with E-state index in [0.717, 1.165) is 19.3 Å². The number of nitrogens with zero attached hydrogens (tertiary/aromatic N) is 2. The number of carbonyl (C=O) groups excluding carboxylic acids is 2. The van der Waals surface area contributed by atoms with Gasteiger partial charge in [-0.05, 0) is 19.3 Å². The molecule has 2 aliphatic heterocycles. The van der Waals surface area contributed by atoms with Gasteiger partial charge in [0, 0.05) is 19.5 Å². The zero-order chi connectivity index (χ0) is 10.7. The van der Waals surface area contributed by atoms with Crippen LogP contribution >= 0.6 is 0 Å². The zero-order valence-electron chi connectivity index (χ0n) is 8.78. The van der Waals surface area contributed by atoms with Crippen LogP contribution in [0.5, 0.6) is 0 Å². The Morgan fingerprint density at radius 1 is 1.27 bits per heavy atom. The molecule has 0 aromatic rings. The highest BCUT2D eigenvalue weighted by Crippen LogP contribution is 2.11. The molecule has 2 saturated heterocycles. The Morgan fingerprint density at radius 3 is 2.73 bits per heavy atom. The highest BCUT2D eigenvalue weighted by molar-refractivity contribution is 5.85. The lowest BCUT2D eigenvalue weighted by Gasteiger charge is -2.27. The standard InChI is InChI=1S/C10H16N2O3/c13-9-4-3-5-11(9)8-10(14)12-6-1-2-7-15-12/h1-8H2. The van der Waals surface area contributed by atoms with Crippen LogP contribution in [0.25, 0.3) is 0 Å². The van der Waals surface area contributed by atoms with E-state index in [0.29, 0.717) is 26.1 Å². The molecule has 0 unspecified atom stereocenters. The highest BCUT2D eigenvalue weighted by Gasteiger charge is 2.26. The predicted octanol–water partition coefficient (Wildman–Crippen LogP) is 0.163. The molecule has 0 aromatic heterocycles. The van der Waals surface area contributed by atoms with Crippen molar-refractivity contribution in [1.82, 2.24) is 9.96 Å². The first kappa shape index (κ1) is 10.4. The first-order valence-corrected chi connectivity index (χ1v) is 5.48. The van der Waals surface area contributed by atoms with Crippen molar-refractivity contribution in [2.24, 2.45) is 0 Å². The van der Waals surface area contributed by atoms with Crippen molar-refractivity contribution in [3.05, 3.63) is 0 Å². The Labute approximate surface area is 88.9 Å². The Balaban J connectivity index is 1.82. The van der Waals surface area contributed by atoms with Crippen LogP contribution in [0.2, 0.25) is 0 Å². The molecule has 0 bridgehead atoms. The SMILES string of the molecule is O=C1CCCN1CC(=O)N1CCCCO1. The molecule has 2 aliphatic rings. The molecule has 2 heterocycles. The number of hydrogen-bond donors (Lipinski definition) is 0. The minimum Gasteiger partial charge on any atom is -0.333 e. The van der Waals surface area contributed by atoms with Gasteiger partial charge in [-0.3, -0.25) is 14.4 Å². The van der Waals surface area contributed by atoms with Gasteiger partial charge in [-0.1, -0.05) is 0 Å². The summed E-state index contributed by atoms with van der Waals surface area (Å²) < 4.78 is 0. The molecule has 0 aromatic carbocycles. The fourth-order valence-electron chi connectivity index (χ4n) is 1.91. The summed E-state index contributed by atoms with van der Waals surface area (Å²) in [4.78, 5) is 29.9. The number of rotatable bonds is 2. The molecule has 0 saturated carbocycles. The maximum absolute atomic E-state index is 11.7. The number of carbonyl (C=O) groups is 2. The first-order chi connectivity index (χ1) is 7.27. The van der Waals surface area contributed by atoms with Crippen molar-refractivity contribution in [2.75, 3.05) is 26.2 Å². The van der Waals surface area contributed by atoms with Crippen molar-refractivity contribution >= 4 is 11.8 Å². The van der Waals surface area contributed by atoms with Gasteiger partial charge in [0.15, 0.2) is 0 Å². The average molecular weight is 212 g/mol. The third-order valence-corrected chi connectivity index (χ3v) is 2.78. The van der Waals surface area contributed by atoms with Crippen LogP contribution < -0.4 is 0 Å².